The zero-order valence-electron chi connectivity index (χ0n) is 11.9. The zero-order valence-corrected chi connectivity index (χ0v) is 11.9. The van der Waals surface area contributed by atoms with Crippen molar-refractivity contribution in [3.8, 4) is 0 Å². The standard InChI is InChI=1S/C15H18N4O2/c1-11(18-6-8-19(9-7-18)15(20)21)12-2-3-13-14(10-12)17-5-4-16-13/h2-5,10-11H,6-9H2,1H3,(H,20,21). The van der Waals surface area contributed by atoms with E-state index in [1.807, 2.05) is 6.07 Å². The minimum absolute atomic E-state index is 0.243. The Balaban J connectivity index is 1.75. The van der Waals surface area contributed by atoms with Crippen LogP contribution >= 0.6 is 0 Å². The highest BCUT2D eigenvalue weighted by molar-refractivity contribution is 5.74. The number of hydrogen-bond donors (Lipinski definition) is 1. The van der Waals surface area contributed by atoms with Crippen LogP contribution in [0.15, 0.2) is 30.6 Å². The predicted octanol–water partition coefficient (Wildman–Crippen LogP) is 1.99. The van der Waals surface area contributed by atoms with Crippen molar-refractivity contribution in [1.82, 2.24) is 19.8 Å². The number of nitrogens with zero attached hydrogens (tertiary/aromatic N) is 4. The first-order chi connectivity index (χ1) is 10.1. The maximum atomic E-state index is 10.9. The van der Waals surface area contributed by atoms with Gasteiger partial charge in [-0.25, -0.2) is 4.79 Å². The first kappa shape index (κ1) is 13.8. The van der Waals surface area contributed by atoms with Crippen LogP contribution in [-0.4, -0.2) is 57.1 Å². The third-order valence-corrected chi connectivity index (χ3v) is 4.11. The van der Waals surface area contributed by atoms with Crippen molar-refractivity contribution in [1.29, 1.82) is 0 Å². The number of fused-ring (bicyclic) bond motifs is 1. The average Bonchev–Trinajstić information content (AvgIpc) is 2.54. The molecule has 1 aromatic heterocycles. The van der Waals surface area contributed by atoms with Crippen molar-refractivity contribution in [3.63, 3.8) is 0 Å². The first-order valence-corrected chi connectivity index (χ1v) is 7.08. The summed E-state index contributed by atoms with van der Waals surface area (Å²) in [5.41, 5.74) is 2.97. The molecule has 0 radical (unpaired) electrons. The number of carbonyl (C=O) groups is 1. The minimum atomic E-state index is -0.830. The first-order valence-electron chi connectivity index (χ1n) is 7.08. The van der Waals surface area contributed by atoms with Crippen LogP contribution < -0.4 is 0 Å². The number of hydrogen-bond acceptors (Lipinski definition) is 4. The molecule has 1 saturated heterocycles. The van der Waals surface area contributed by atoms with E-state index in [1.54, 1.807) is 12.4 Å². The van der Waals surface area contributed by atoms with Gasteiger partial charge in [0, 0.05) is 44.6 Å². The molecule has 1 amide bonds. The van der Waals surface area contributed by atoms with Crippen LogP contribution in [-0.2, 0) is 0 Å². The van der Waals surface area contributed by atoms with Crippen LogP contribution in [0, 0.1) is 0 Å². The van der Waals surface area contributed by atoms with Gasteiger partial charge in [-0.1, -0.05) is 6.07 Å². The molecule has 0 bridgehead atoms. The molecule has 0 aliphatic carbocycles. The van der Waals surface area contributed by atoms with E-state index in [-0.39, 0.29) is 6.04 Å². The van der Waals surface area contributed by atoms with E-state index in [0.29, 0.717) is 13.1 Å². The maximum absolute atomic E-state index is 10.9. The van der Waals surface area contributed by atoms with Crippen LogP contribution in [0.5, 0.6) is 0 Å². The highest BCUT2D eigenvalue weighted by Gasteiger charge is 2.24. The molecule has 21 heavy (non-hydrogen) atoms. The summed E-state index contributed by atoms with van der Waals surface area (Å²) in [6, 6.07) is 6.37. The third kappa shape index (κ3) is 2.80. The van der Waals surface area contributed by atoms with Crippen molar-refractivity contribution in [2.45, 2.75) is 13.0 Å². The molecule has 2 aromatic rings. The van der Waals surface area contributed by atoms with Gasteiger partial charge in [-0.3, -0.25) is 14.9 Å². The molecule has 1 aromatic carbocycles. The molecule has 2 heterocycles. The van der Waals surface area contributed by atoms with Gasteiger partial charge < -0.3 is 10.0 Å². The quantitative estimate of drug-likeness (QED) is 0.914. The van der Waals surface area contributed by atoms with E-state index >= 15 is 0 Å². The fourth-order valence-corrected chi connectivity index (χ4v) is 2.75. The van der Waals surface area contributed by atoms with E-state index < -0.39 is 6.09 Å². The van der Waals surface area contributed by atoms with Gasteiger partial charge in [0.1, 0.15) is 0 Å². The molecule has 1 aliphatic heterocycles. The molecular formula is C15H18N4O2. The molecule has 110 valence electrons. The van der Waals surface area contributed by atoms with Crippen LogP contribution in [0.25, 0.3) is 11.0 Å². The summed E-state index contributed by atoms with van der Waals surface area (Å²) < 4.78 is 0. The van der Waals surface area contributed by atoms with E-state index in [1.165, 1.54) is 10.5 Å². The van der Waals surface area contributed by atoms with Crippen LogP contribution in [0.4, 0.5) is 4.79 Å². The van der Waals surface area contributed by atoms with Gasteiger partial charge in [0.25, 0.3) is 0 Å². The number of rotatable bonds is 2. The lowest BCUT2D eigenvalue weighted by Crippen LogP contribution is -2.48. The molecule has 0 saturated carbocycles. The zero-order chi connectivity index (χ0) is 14.8. The molecule has 0 spiro atoms. The maximum Gasteiger partial charge on any atom is 0.407 e. The fourth-order valence-electron chi connectivity index (χ4n) is 2.75. The molecule has 1 fully saturated rings. The average molecular weight is 286 g/mol. The Bertz CT molecular complexity index is 653. The van der Waals surface area contributed by atoms with Gasteiger partial charge >= 0.3 is 6.09 Å². The predicted molar refractivity (Wildman–Crippen MR) is 79.1 cm³/mol. The summed E-state index contributed by atoms with van der Waals surface area (Å²) in [7, 11) is 0. The Labute approximate surface area is 123 Å². The van der Waals surface area contributed by atoms with Gasteiger partial charge in [0.2, 0.25) is 0 Å². The second kappa shape index (κ2) is 5.65. The summed E-state index contributed by atoms with van der Waals surface area (Å²) in [6.45, 7) is 4.78. The second-order valence-corrected chi connectivity index (χ2v) is 5.29. The van der Waals surface area contributed by atoms with E-state index in [9.17, 15) is 4.79 Å². The lowest BCUT2D eigenvalue weighted by Gasteiger charge is -2.37. The Morgan fingerprint density at radius 3 is 2.48 bits per heavy atom. The number of carboxylic acid groups (broad SMARTS) is 1. The Morgan fingerprint density at radius 2 is 1.81 bits per heavy atom. The summed E-state index contributed by atoms with van der Waals surface area (Å²) in [4.78, 5) is 23.3. The van der Waals surface area contributed by atoms with Gasteiger partial charge in [-0.2, -0.15) is 0 Å². The van der Waals surface area contributed by atoms with Gasteiger partial charge in [-0.05, 0) is 24.6 Å². The van der Waals surface area contributed by atoms with Crippen LogP contribution in [0.2, 0.25) is 0 Å². The normalized spacial score (nSPS) is 17.9. The largest absolute Gasteiger partial charge is 0.465 e. The Hall–Kier alpha value is -2.21. The minimum Gasteiger partial charge on any atom is -0.465 e. The molecular weight excluding hydrogens is 268 g/mol. The molecule has 1 aliphatic rings. The summed E-state index contributed by atoms with van der Waals surface area (Å²) in [5, 5.41) is 8.99. The van der Waals surface area contributed by atoms with E-state index in [2.05, 4.69) is 33.9 Å². The monoisotopic (exact) mass is 286 g/mol. The number of aromatic nitrogens is 2. The number of benzene rings is 1. The van der Waals surface area contributed by atoms with Crippen molar-refractivity contribution < 1.29 is 9.90 Å². The Morgan fingerprint density at radius 1 is 1.14 bits per heavy atom. The number of piperazine rings is 1. The molecule has 6 heteroatoms. The summed E-state index contributed by atoms with van der Waals surface area (Å²) in [5.74, 6) is 0. The summed E-state index contributed by atoms with van der Waals surface area (Å²) >= 11 is 0. The van der Waals surface area contributed by atoms with Crippen molar-refractivity contribution in [2.24, 2.45) is 0 Å². The van der Waals surface area contributed by atoms with Gasteiger partial charge in [0.05, 0.1) is 11.0 Å². The van der Waals surface area contributed by atoms with Crippen molar-refractivity contribution in [2.75, 3.05) is 26.2 Å². The van der Waals surface area contributed by atoms with Crippen molar-refractivity contribution >= 4 is 17.1 Å². The molecule has 1 N–H and O–H groups in total. The highest BCUT2D eigenvalue weighted by Crippen LogP contribution is 2.23. The van der Waals surface area contributed by atoms with Crippen LogP contribution in [0.3, 0.4) is 0 Å². The van der Waals surface area contributed by atoms with Gasteiger partial charge in [0.15, 0.2) is 0 Å². The Kier molecular flexibility index (Phi) is 3.70. The molecule has 1 unspecified atom stereocenters. The fraction of sp³-hybridized carbons (Fsp3) is 0.400. The highest BCUT2D eigenvalue weighted by atomic mass is 16.4. The van der Waals surface area contributed by atoms with Gasteiger partial charge in [-0.15, -0.1) is 0 Å². The molecule has 6 nitrogen and oxygen atoms in total. The SMILES string of the molecule is CC(c1ccc2nccnc2c1)N1CCN(C(=O)O)CC1. The van der Waals surface area contributed by atoms with Crippen LogP contribution in [0.1, 0.15) is 18.5 Å². The second-order valence-electron chi connectivity index (χ2n) is 5.29. The lowest BCUT2D eigenvalue weighted by molar-refractivity contribution is 0.0889. The molecule has 3 rings (SSSR count). The van der Waals surface area contributed by atoms with Crippen molar-refractivity contribution in [3.05, 3.63) is 36.2 Å². The lowest BCUT2D eigenvalue weighted by atomic mass is 10.1. The molecule has 1 atom stereocenters. The van der Waals surface area contributed by atoms with E-state index in [0.717, 1.165) is 24.1 Å². The smallest absolute Gasteiger partial charge is 0.407 e. The van der Waals surface area contributed by atoms with E-state index in [4.69, 9.17) is 5.11 Å². The number of amides is 1. The third-order valence-electron chi connectivity index (χ3n) is 4.11. The summed E-state index contributed by atoms with van der Waals surface area (Å²) in [6.07, 6.45) is 2.56. The topological polar surface area (TPSA) is 69.6 Å².